The van der Waals surface area contributed by atoms with E-state index in [9.17, 15) is 5.11 Å². The molecule has 2 saturated carbocycles. The van der Waals surface area contributed by atoms with Crippen molar-refractivity contribution in [2.45, 2.75) is 87.8 Å². The van der Waals surface area contributed by atoms with Gasteiger partial charge >= 0.3 is 0 Å². The van der Waals surface area contributed by atoms with Crippen LogP contribution in [0.4, 0.5) is 5.82 Å². The molecule has 4 aliphatic rings. The number of fused-ring (bicyclic) bond motifs is 3. The SMILES string of the molecule is Cl.Cl.N[C@H]1CC[C@H](Nc2c3c(nc4c(Br)cnn24)C2(CCCC2)C(CN2CCC(O)CC2)C3)C1. The minimum Gasteiger partial charge on any atom is -0.393 e. The zero-order valence-electron chi connectivity index (χ0n) is 19.6. The number of nitrogens with one attached hydrogen (secondary N) is 1. The predicted molar refractivity (Wildman–Crippen MR) is 143 cm³/mol. The average Bonchev–Trinajstić information content (AvgIpc) is 3.55. The van der Waals surface area contributed by atoms with Gasteiger partial charge in [0.25, 0.3) is 0 Å². The fourth-order valence-electron chi connectivity index (χ4n) is 7.03. The smallest absolute Gasteiger partial charge is 0.171 e. The quantitative estimate of drug-likeness (QED) is 0.509. The molecule has 0 amide bonds. The molecule has 6 rings (SSSR count). The summed E-state index contributed by atoms with van der Waals surface area (Å²) in [7, 11) is 0. The number of nitrogens with zero attached hydrogens (tertiary/aromatic N) is 4. The highest BCUT2D eigenvalue weighted by atomic mass is 79.9. The molecule has 3 heterocycles. The summed E-state index contributed by atoms with van der Waals surface area (Å²) in [6.45, 7) is 3.13. The van der Waals surface area contributed by atoms with Crippen LogP contribution in [0.2, 0.25) is 0 Å². The molecule has 1 saturated heterocycles. The first kappa shape index (κ1) is 26.4. The largest absolute Gasteiger partial charge is 0.393 e. The van der Waals surface area contributed by atoms with E-state index in [0.717, 1.165) is 74.1 Å². The molecule has 3 fully saturated rings. The van der Waals surface area contributed by atoms with E-state index >= 15 is 0 Å². The van der Waals surface area contributed by atoms with E-state index in [0.29, 0.717) is 18.0 Å². The van der Waals surface area contributed by atoms with E-state index in [1.54, 1.807) is 0 Å². The number of hydrogen-bond donors (Lipinski definition) is 3. The highest BCUT2D eigenvalue weighted by molar-refractivity contribution is 9.10. The number of rotatable bonds is 4. The average molecular weight is 576 g/mol. The Kier molecular flexibility index (Phi) is 8.07. The topological polar surface area (TPSA) is 91.7 Å². The van der Waals surface area contributed by atoms with Crippen molar-refractivity contribution in [3.8, 4) is 0 Å². The lowest BCUT2D eigenvalue weighted by Crippen LogP contribution is -2.43. The number of piperidine rings is 1. The molecular weight excluding hydrogens is 539 g/mol. The van der Waals surface area contributed by atoms with Gasteiger partial charge < -0.3 is 21.1 Å². The minimum atomic E-state index is -0.118. The van der Waals surface area contributed by atoms with Gasteiger partial charge in [-0.2, -0.15) is 9.61 Å². The molecule has 1 aliphatic heterocycles. The molecule has 2 aromatic rings. The molecule has 7 nitrogen and oxygen atoms in total. The monoisotopic (exact) mass is 574 g/mol. The molecule has 0 bridgehead atoms. The number of anilines is 1. The highest BCUT2D eigenvalue weighted by Crippen LogP contribution is 2.55. The Hall–Kier alpha value is -0.640. The van der Waals surface area contributed by atoms with E-state index in [4.69, 9.17) is 15.8 Å². The van der Waals surface area contributed by atoms with Gasteiger partial charge in [0, 0.05) is 42.7 Å². The van der Waals surface area contributed by atoms with Crippen LogP contribution in [0.1, 0.15) is 69.0 Å². The van der Waals surface area contributed by atoms with Crippen molar-refractivity contribution >= 4 is 52.2 Å². The van der Waals surface area contributed by atoms with Crippen LogP contribution in [-0.2, 0) is 11.8 Å². The molecular formula is C24H37BrCl2N6O. The third-order valence-electron chi connectivity index (χ3n) is 8.75. The zero-order valence-corrected chi connectivity index (χ0v) is 22.8. The van der Waals surface area contributed by atoms with Gasteiger partial charge in [-0.3, -0.25) is 0 Å². The normalized spacial score (nSPS) is 28.7. The molecule has 3 aliphatic carbocycles. The number of nitrogens with two attached hydrogens (primary N) is 1. The van der Waals surface area contributed by atoms with Gasteiger partial charge in [0.15, 0.2) is 5.65 Å². The number of aromatic nitrogens is 3. The van der Waals surface area contributed by atoms with Gasteiger partial charge in [-0.05, 0) is 73.2 Å². The third kappa shape index (κ3) is 4.48. The third-order valence-corrected chi connectivity index (χ3v) is 9.31. The Bertz CT molecular complexity index is 1000. The summed E-state index contributed by atoms with van der Waals surface area (Å²) in [6.07, 6.45) is 12.9. The van der Waals surface area contributed by atoms with Crippen LogP contribution in [-0.4, -0.2) is 62.4 Å². The number of likely N-dealkylation sites (tertiary alicyclic amines) is 1. The van der Waals surface area contributed by atoms with Crippen molar-refractivity contribution in [2.75, 3.05) is 25.0 Å². The number of aliphatic hydroxyl groups excluding tert-OH is 1. The summed E-state index contributed by atoms with van der Waals surface area (Å²) in [4.78, 5) is 7.88. The summed E-state index contributed by atoms with van der Waals surface area (Å²) in [5, 5.41) is 18.5. The first-order chi connectivity index (χ1) is 15.5. The molecule has 0 radical (unpaired) electrons. The van der Waals surface area contributed by atoms with Crippen molar-refractivity contribution in [3.05, 3.63) is 21.9 Å². The molecule has 4 N–H and O–H groups in total. The van der Waals surface area contributed by atoms with E-state index in [1.807, 2.05) is 10.7 Å². The van der Waals surface area contributed by atoms with Crippen LogP contribution in [0.3, 0.4) is 0 Å². The molecule has 3 atom stereocenters. The van der Waals surface area contributed by atoms with Crippen LogP contribution in [0.25, 0.3) is 5.65 Å². The lowest BCUT2D eigenvalue weighted by Gasteiger charge is -2.37. The van der Waals surface area contributed by atoms with Gasteiger partial charge in [-0.25, -0.2) is 4.98 Å². The van der Waals surface area contributed by atoms with Gasteiger partial charge in [-0.1, -0.05) is 12.8 Å². The first-order valence-electron chi connectivity index (χ1n) is 12.5. The van der Waals surface area contributed by atoms with Crippen molar-refractivity contribution in [1.29, 1.82) is 0 Å². The van der Waals surface area contributed by atoms with E-state index < -0.39 is 0 Å². The van der Waals surface area contributed by atoms with E-state index in [-0.39, 0.29) is 36.3 Å². The van der Waals surface area contributed by atoms with Crippen LogP contribution < -0.4 is 11.1 Å². The Morgan fingerprint density at radius 3 is 2.56 bits per heavy atom. The summed E-state index contributed by atoms with van der Waals surface area (Å²) >= 11 is 3.70. The van der Waals surface area contributed by atoms with Crippen molar-refractivity contribution in [1.82, 2.24) is 19.5 Å². The van der Waals surface area contributed by atoms with Crippen LogP contribution >= 0.6 is 40.7 Å². The summed E-state index contributed by atoms with van der Waals surface area (Å²) in [5.74, 6) is 1.73. The van der Waals surface area contributed by atoms with Crippen LogP contribution in [0, 0.1) is 5.92 Å². The summed E-state index contributed by atoms with van der Waals surface area (Å²) in [5.41, 5.74) is 10.1. The maximum absolute atomic E-state index is 9.97. The summed E-state index contributed by atoms with van der Waals surface area (Å²) < 4.78 is 2.99. The first-order valence-corrected chi connectivity index (χ1v) is 13.3. The predicted octanol–water partition coefficient (Wildman–Crippen LogP) is 4.07. The van der Waals surface area contributed by atoms with Crippen molar-refractivity contribution in [3.63, 3.8) is 0 Å². The van der Waals surface area contributed by atoms with Crippen LogP contribution in [0.5, 0.6) is 0 Å². The second-order valence-electron chi connectivity index (χ2n) is 10.7. The Morgan fingerprint density at radius 1 is 1.15 bits per heavy atom. The number of halogens is 3. The van der Waals surface area contributed by atoms with Crippen molar-refractivity contribution in [2.24, 2.45) is 11.7 Å². The number of aliphatic hydroxyl groups is 1. The Morgan fingerprint density at radius 2 is 1.88 bits per heavy atom. The molecule has 1 unspecified atom stereocenters. The fraction of sp³-hybridized carbons (Fsp3) is 0.750. The van der Waals surface area contributed by atoms with Gasteiger partial charge in [0.2, 0.25) is 0 Å². The maximum Gasteiger partial charge on any atom is 0.171 e. The molecule has 10 heteroatoms. The fourth-order valence-corrected chi connectivity index (χ4v) is 7.38. The van der Waals surface area contributed by atoms with Crippen molar-refractivity contribution < 1.29 is 5.11 Å². The molecule has 190 valence electrons. The molecule has 0 aromatic carbocycles. The Labute approximate surface area is 222 Å². The number of hydrogen-bond acceptors (Lipinski definition) is 6. The van der Waals surface area contributed by atoms with Gasteiger partial charge in [0.05, 0.1) is 22.5 Å². The second kappa shape index (κ2) is 10.4. The van der Waals surface area contributed by atoms with Gasteiger partial charge in [-0.15, -0.1) is 24.8 Å². The summed E-state index contributed by atoms with van der Waals surface area (Å²) in [6, 6.07) is 0.704. The molecule has 34 heavy (non-hydrogen) atoms. The standard InChI is InChI=1S/C24H35BrN6O.2ClH/c25-20-13-27-31-22(28-17-4-3-16(26)12-17)19-11-15(14-30-9-5-18(32)6-10-30)24(7-1-2-8-24)21(19)29-23(20)31;;/h13,15-18,28,32H,1-12,14,26H2;2*1H/t15?,16-,17-;;/m0../s1. The Balaban J connectivity index is 0.00000137. The maximum atomic E-state index is 9.97. The van der Waals surface area contributed by atoms with Crippen LogP contribution in [0.15, 0.2) is 10.7 Å². The van der Waals surface area contributed by atoms with Gasteiger partial charge in [0.1, 0.15) is 5.82 Å². The lowest BCUT2D eigenvalue weighted by molar-refractivity contribution is 0.0667. The molecule has 2 aromatic heterocycles. The molecule has 1 spiro atoms. The van der Waals surface area contributed by atoms with E-state index in [2.05, 4.69) is 26.1 Å². The highest BCUT2D eigenvalue weighted by Gasteiger charge is 2.51. The zero-order chi connectivity index (χ0) is 21.9. The second-order valence-corrected chi connectivity index (χ2v) is 11.6. The lowest BCUT2D eigenvalue weighted by atomic mass is 9.75. The van der Waals surface area contributed by atoms with E-state index in [1.165, 1.54) is 36.9 Å². The minimum absolute atomic E-state index is 0.